The molecule has 0 N–H and O–H groups in total. The van der Waals surface area contributed by atoms with E-state index in [4.69, 9.17) is 13.9 Å². The Bertz CT molecular complexity index is 643. The van der Waals surface area contributed by atoms with Crippen molar-refractivity contribution in [1.29, 1.82) is 0 Å². The van der Waals surface area contributed by atoms with E-state index in [1.165, 1.54) is 0 Å². The Morgan fingerprint density at radius 1 is 1.21 bits per heavy atom. The molecule has 1 aliphatic rings. The lowest BCUT2D eigenvalue weighted by atomic mass is 10.1. The van der Waals surface area contributed by atoms with E-state index < -0.39 is 0 Å². The van der Waals surface area contributed by atoms with E-state index in [0.717, 1.165) is 24.2 Å². The van der Waals surface area contributed by atoms with E-state index in [9.17, 15) is 4.79 Å². The molecule has 0 bridgehead atoms. The van der Waals surface area contributed by atoms with E-state index in [2.05, 4.69) is 4.90 Å². The minimum Gasteiger partial charge on any atom is -0.497 e. The summed E-state index contributed by atoms with van der Waals surface area (Å²) in [5.41, 5.74) is 1.10. The van der Waals surface area contributed by atoms with Crippen molar-refractivity contribution < 1.29 is 13.9 Å². The summed E-state index contributed by atoms with van der Waals surface area (Å²) in [6.45, 7) is 2.92. The van der Waals surface area contributed by atoms with Crippen LogP contribution in [0, 0.1) is 0 Å². The van der Waals surface area contributed by atoms with Crippen molar-refractivity contribution in [1.82, 2.24) is 0 Å². The molecule has 5 heteroatoms. The maximum absolute atomic E-state index is 11.7. The highest BCUT2D eigenvalue weighted by Gasteiger charge is 2.16. The van der Waals surface area contributed by atoms with Gasteiger partial charge < -0.3 is 18.8 Å². The molecule has 1 aliphatic heterocycles. The fourth-order valence-corrected chi connectivity index (χ4v) is 2.32. The van der Waals surface area contributed by atoms with Gasteiger partial charge in [-0.1, -0.05) is 0 Å². The number of anilines is 1. The smallest absolute Gasteiger partial charge is 0.338 e. The van der Waals surface area contributed by atoms with Crippen LogP contribution in [0.5, 0.6) is 5.75 Å². The molecule has 0 unspecified atom stereocenters. The predicted molar refractivity (Wildman–Crippen MR) is 72.1 cm³/mol. The Balaban J connectivity index is 2.14. The van der Waals surface area contributed by atoms with Gasteiger partial charge in [-0.05, 0) is 12.1 Å². The highest BCUT2D eigenvalue weighted by molar-refractivity contribution is 5.91. The molecule has 19 heavy (non-hydrogen) atoms. The van der Waals surface area contributed by atoms with E-state index in [1.54, 1.807) is 19.2 Å². The number of benzene rings is 1. The monoisotopic (exact) mass is 261 g/mol. The number of methoxy groups -OCH3 is 1. The van der Waals surface area contributed by atoms with Gasteiger partial charge in [0.25, 0.3) is 0 Å². The fourth-order valence-electron chi connectivity index (χ4n) is 2.32. The van der Waals surface area contributed by atoms with Gasteiger partial charge in [0.2, 0.25) is 0 Å². The summed E-state index contributed by atoms with van der Waals surface area (Å²) in [6, 6.07) is 7.06. The molecule has 0 radical (unpaired) electrons. The van der Waals surface area contributed by atoms with Gasteiger partial charge in [0.1, 0.15) is 11.3 Å². The molecule has 2 aromatic rings. The first-order chi connectivity index (χ1) is 9.28. The molecule has 3 rings (SSSR count). The van der Waals surface area contributed by atoms with Gasteiger partial charge in [0.05, 0.1) is 26.0 Å². The Kier molecular flexibility index (Phi) is 3.13. The minimum absolute atomic E-state index is 0.345. The second-order valence-corrected chi connectivity index (χ2v) is 4.41. The maximum Gasteiger partial charge on any atom is 0.338 e. The van der Waals surface area contributed by atoms with Crippen molar-refractivity contribution in [2.45, 2.75) is 0 Å². The van der Waals surface area contributed by atoms with Crippen molar-refractivity contribution >= 4 is 16.7 Å². The molecule has 1 aromatic heterocycles. The molecule has 0 atom stereocenters. The van der Waals surface area contributed by atoms with Gasteiger partial charge in [0, 0.05) is 30.6 Å². The normalized spacial score (nSPS) is 15.7. The summed E-state index contributed by atoms with van der Waals surface area (Å²) in [7, 11) is 1.59. The van der Waals surface area contributed by atoms with Crippen LogP contribution < -0.4 is 15.3 Å². The van der Waals surface area contributed by atoms with E-state index in [1.807, 2.05) is 12.1 Å². The van der Waals surface area contributed by atoms with Gasteiger partial charge in [-0.25, -0.2) is 4.79 Å². The Labute approximate surface area is 110 Å². The molecule has 100 valence electrons. The molecular weight excluding hydrogens is 246 g/mol. The standard InChI is InChI=1S/C14H15NO4/c1-17-10-2-3-11-12(15-4-6-18-7-5-15)9-14(16)19-13(11)8-10/h2-3,8-9H,4-7H2,1H3. The third-order valence-corrected chi connectivity index (χ3v) is 3.28. The van der Waals surface area contributed by atoms with Crippen LogP contribution in [0.2, 0.25) is 0 Å². The molecule has 0 aliphatic carbocycles. The molecule has 1 saturated heterocycles. The number of hydrogen-bond donors (Lipinski definition) is 0. The Morgan fingerprint density at radius 3 is 2.74 bits per heavy atom. The predicted octanol–water partition coefficient (Wildman–Crippen LogP) is 1.64. The average molecular weight is 261 g/mol. The molecule has 1 fully saturated rings. The third kappa shape index (κ3) is 2.29. The molecule has 0 amide bonds. The fraction of sp³-hybridized carbons (Fsp3) is 0.357. The van der Waals surface area contributed by atoms with Gasteiger partial charge in [0.15, 0.2) is 0 Å². The van der Waals surface area contributed by atoms with Crippen molar-refractivity contribution in [3.8, 4) is 5.75 Å². The largest absolute Gasteiger partial charge is 0.497 e. The van der Waals surface area contributed by atoms with Gasteiger partial charge in [-0.3, -0.25) is 0 Å². The topological polar surface area (TPSA) is 51.9 Å². The lowest BCUT2D eigenvalue weighted by Crippen LogP contribution is -2.36. The zero-order valence-electron chi connectivity index (χ0n) is 10.7. The van der Waals surface area contributed by atoms with Crippen molar-refractivity contribution in [2.75, 3.05) is 38.3 Å². The lowest BCUT2D eigenvalue weighted by molar-refractivity contribution is 0.123. The van der Waals surface area contributed by atoms with Crippen LogP contribution in [0.15, 0.2) is 33.5 Å². The minimum atomic E-state index is -0.345. The van der Waals surface area contributed by atoms with Crippen LogP contribution in [-0.2, 0) is 4.74 Å². The van der Waals surface area contributed by atoms with Crippen LogP contribution >= 0.6 is 0 Å². The summed E-state index contributed by atoms with van der Waals surface area (Å²) in [4.78, 5) is 13.8. The summed E-state index contributed by atoms with van der Waals surface area (Å²) in [5, 5.41) is 0.919. The highest BCUT2D eigenvalue weighted by atomic mass is 16.5. The summed E-state index contributed by atoms with van der Waals surface area (Å²) in [5.74, 6) is 0.676. The number of ether oxygens (including phenoxy) is 2. The first kappa shape index (κ1) is 12.0. The van der Waals surface area contributed by atoms with Gasteiger partial charge in [-0.2, -0.15) is 0 Å². The van der Waals surface area contributed by atoms with Crippen molar-refractivity contribution in [3.63, 3.8) is 0 Å². The van der Waals surface area contributed by atoms with Crippen LogP contribution in [0.4, 0.5) is 5.69 Å². The Hall–Kier alpha value is -2.01. The SMILES string of the molecule is COc1ccc2c(N3CCOCC3)cc(=O)oc2c1. The highest BCUT2D eigenvalue weighted by Crippen LogP contribution is 2.28. The zero-order chi connectivity index (χ0) is 13.2. The number of fused-ring (bicyclic) bond motifs is 1. The molecule has 0 spiro atoms. The second kappa shape index (κ2) is 4.93. The molecule has 2 heterocycles. The summed E-state index contributed by atoms with van der Waals surface area (Å²) < 4.78 is 15.7. The number of morpholine rings is 1. The van der Waals surface area contributed by atoms with E-state index >= 15 is 0 Å². The van der Waals surface area contributed by atoms with Crippen molar-refractivity contribution in [3.05, 3.63) is 34.7 Å². The van der Waals surface area contributed by atoms with Gasteiger partial charge in [-0.15, -0.1) is 0 Å². The van der Waals surface area contributed by atoms with Crippen LogP contribution in [0.25, 0.3) is 11.0 Å². The van der Waals surface area contributed by atoms with E-state index in [-0.39, 0.29) is 5.63 Å². The van der Waals surface area contributed by atoms with Crippen LogP contribution in [0.1, 0.15) is 0 Å². The quantitative estimate of drug-likeness (QED) is 0.769. The molecule has 5 nitrogen and oxygen atoms in total. The van der Waals surface area contributed by atoms with E-state index in [0.29, 0.717) is 24.5 Å². The average Bonchev–Trinajstić information content (AvgIpc) is 2.46. The summed E-state index contributed by atoms with van der Waals surface area (Å²) >= 11 is 0. The molecule has 0 saturated carbocycles. The maximum atomic E-state index is 11.7. The van der Waals surface area contributed by atoms with Crippen LogP contribution in [0.3, 0.4) is 0 Å². The first-order valence-corrected chi connectivity index (χ1v) is 6.22. The summed E-state index contributed by atoms with van der Waals surface area (Å²) in [6.07, 6.45) is 0. The number of nitrogens with zero attached hydrogens (tertiary/aromatic N) is 1. The molecular formula is C14H15NO4. The lowest BCUT2D eigenvalue weighted by Gasteiger charge is -2.29. The molecule has 1 aromatic carbocycles. The zero-order valence-corrected chi connectivity index (χ0v) is 10.7. The first-order valence-electron chi connectivity index (χ1n) is 6.22. The number of hydrogen-bond acceptors (Lipinski definition) is 5. The Morgan fingerprint density at radius 2 is 2.00 bits per heavy atom. The number of rotatable bonds is 2. The third-order valence-electron chi connectivity index (χ3n) is 3.28. The van der Waals surface area contributed by atoms with Crippen LogP contribution in [-0.4, -0.2) is 33.4 Å². The second-order valence-electron chi connectivity index (χ2n) is 4.41. The van der Waals surface area contributed by atoms with Crippen molar-refractivity contribution in [2.24, 2.45) is 0 Å². The van der Waals surface area contributed by atoms with Gasteiger partial charge >= 0.3 is 5.63 Å².